The number of esters is 3. The van der Waals surface area contributed by atoms with Gasteiger partial charge in [-0.15, -0.1) is 0 Å². The van der Waals surface area contributed by atoms with E-state index in [2.05, 4.69) is 118 Å². The van der Waals surface area contributed by atoms with Gasteiger partial charge in [-0.25, -0.2) is 0 Å². The van der Waals surface area contributed by atoms with E-state index >= 15 is 0 Å². The third-order valence-electron chi connectivity index (χ3n) is 12.8. The predicted octanol–water partition coefficient (Wildman–Crippen LogP) is 20.7. The Bertz CT molecular complexity index is 1490. The molecule has 0 fully saturated rings. The highest BCUT2D eigenvalue weighted by Crippen LogP contribution is 2.16. The van der Waals surface area contributed by atoms with Crippen LogP contribution in [0.5, 0.6) is 0 Å². The molecule has 73 heavy (non-hydrogen) atoms. The van der Waals surface area contributed by atoms with E-state index in [4.69, 9.17) is 14.2 Å². The van der Waals surface area contributed by atoms with Crippen LogP contribution in [-0.4, -0.2) is 37.2 Å². The zero-order valence-corrected chi connectivity index (χ0v) is 47.6. The number of allylic oxidation sites excluding steroid dienone is 17. The lowest BCUT2D eigenvalue weighted by atomic mass is 10.0. The molecule has 1 unspecified atom stereocenters. The van der Waals surface area contributed by atoms with Crippen molar-refractivity contribution in [2.45, 2.75) is 284 Å². The van der Waals surface area contributed by atoms with Crippen molar-refractivity contribution in [1.29, 1.82) is 0 Å². The molecular formula is C67H112O6. The number of hydrogen-bond acceptors (Lipinski definition) is 6. The van der Waals surface area contributed by atoms with Crippen molar-refractivity contribution in [3.63, 3.8) is 0 Å². The molecule has 1 atom stereocenters. The van der Waals surface area contributed by atoms with Gasteiger partial charge >= 0.3 is 17.9 Å². The van der Waals surface area contributed by atoms with Crippen LogP contribution in [0, 0.1) is 0 Å². The van der Waals surface area contributed by atoms with Crippen LogP contribution >= 0.6 is 0 Å². The second kappa shape index (κ2) is 60.6. The van der Waals surface area contributed by atoms with Gasteiger partial charge in [-0.2, -0.15) is 0 Å². The SMILES string of the molecule is CC/C=C\C/C=C\C/C=C\C/C=C\C/C=C\CC(=O)OCC(COC(=O)CCCCCCCCCC/C=C\C/C=C\C/C=C\C/C=C\CC)OC(=O)CCCCCCCCCCCCCCCCCCCCC. The number of carbonyl (C=O) groups excluding carboxylic acids is 3. The Hall–Kier alpha value is -3.93. The third kappa shape index (κ3) is 58.8. The first-order valence-corrected chi connectivity index (χ1v) is 30.4. The Morgan fingerprint density at radius 2 is 0.589 bits per heavy atom. The number of ether oxygens (including phenoxy) is 3. The highest BCUT2D eigenvalue weighted by atomic mass is 16.6. The van der Waals surface area contributed by atoms with E-state index in [0.717, 1.165) is 103 Å². The Kier molecular flexibility index (Phi) is 57.4. The molecule has 0 saturated carbocycles. The molecule has 0 rings (SSSR count). The van der Waals surface area contributed by atoms with Crippen LogP contribution in [0.1, 0.15) is 278 Å². The van der Waals surface area contributed by atoms with Gasteiger partial charge in [0.2, 0.25) is 0 Å². The van der Waals surface area contributed by atoms with Crippen molar-refractivity contribution in [3.8, 4) is 0 Å². The topological polar surface area (TPSA) is 78.9 Å². The quantitative estimate of drug-likeness (QED) is 0.0261. The van der Waals surface area contributed by atoms with Crippen molar-refractivity contribution in [3.05, 3.63) is 109 Å². The van der Waals surface area contributed by atoms with Crippen molar-refractivity contribution in [1.82, 2.24) is 0 Å². The minimum atomic E-state index is -0.822. The lowest BCUT2D eigenvalue weighted by Crippen LogP contribution is -2.30. The molecule has 416 valence electrons. The lowest BCUT2D eigenvalue weighted by Gasteiger charge is -2.18. The average Bonchev–Trinajstić information content (AvgIpc) is 3.39. The zero-order chi connectivity index (χ0) is 52.9. The monoisotopic (exact) mass is 1010 g/mol. The summed E-state index contributed by atoms with van der Waals surface area (Å²) < 4.78 is 16.8. The second-order valence-corrected chi connectivity index (χ2v) is 19.9. The van der Waals surface area contributed by atoms with E-state index < -0.39 is 12.1 Å². The maximum atomic E-state index is 12.9. The maximum absolute atomic E-state index is 12.9. The average molecular weight is 1010 g/mol. The van der Waals surface area contributed by atoms with E-state index in [-0.39, 0.29) is 31.6 Å². The van der Waals surface area contributed by atoms with Gasteiger partial charge in [-0.05, 0) is 83.5 Å². The Balaban J connectivity index is 4.45. The highest BCUT2D eigenvalue weighted by molar-refractivity contribution is 5.72. The van der Waals surface area contributed by atoms with Crippen molar-refractivity contribution < 1.29 is 28.6 Å². The summed E-state index contributed by atoms with van der Waals surface area (Å²) in [4.78, 5) is 38.2. The van der Waals surface area contributed by atoms with E-state index in [1.165, 1.54) is 135 Å². The van der Waals surface area contributed by atoms with E-state index in [0.29, 0.717) is 12.8 Å². The van der Waals surface area contributed by atoms with Crippen LogP contribution in [0.4, 0.5) is 0 Å². The number of rotatable bonds is 54. The van der Waals surface area contributed by atoms with E-state index in [1.54, 1.807) is 6.08 Å². The smallest absolute Gasteiger partial charge is 0.309 e. The fraction of sp³-hybridized carbons (Fsp3) is 0.687. The molecular weight excluding hydrogens is 901 g/mol. The fourth-order valence-corrected chi connectivity index (χ4v) is 8.33. The van der Waals surface area contributed by atoms with Gasteiger partial charge in [0, 0.05) is 12.8 Å². The first-order valence-electron chi connectivity index (χ1n) is 30.4. The van der Waals surface area contributed by atoms with Crippen molar-refractivity contribution in [2.75, 3.05) is 13.2 Å². The first-order chi connectivity index (χ1) is 36.0. The molecule has 0 aliphatic heterocycles. The minimum absolute atomic E-state index is 0.111. The van der Waals surface area contributed by atoms with E-state index in [9.17, 15) is 14.4 Å². The summed E-state index contributed by atoms with van der Waals surface area (Å²) in [5.74, 6) is -1.05. The van der Waals surface area contributed by atoms with Gasteiger partial charge in [0.1, 0.15) is 13.2 Å². The number of unbranched alkanes of at least 4 members (excludes halogenated alkanes) is 26. The number of hydrogen-bond donors (Lipinski definition) is 0. The van der Waals surface area contributed by atoms with Crippen LogP contribution in [0.15, 0.2) is 109 Å². The molecule has 0 aliphatic rings. The normalized spacial score (nSPS) is 12.9. The minimum Gasteiger partial charge on any atom is -0.462 e. The van der Waals surface area contributed by atoms with Gasteiger partial charge in [-0.3, -0.25) is 14.4 Å². The van der Waals surface area contributed by atoms with Gasteiger partial charge in [-0.1, -0.05) is 284 Å². The molecule has 6 heteroatoms. The predicted molar refractivity (Wildman–Crippen MR) is 316 cm³/mol. The molecule has 0 aromatic rings. The molecule has 0 aliphatic carbocycles. The summed E-state index contributed by atoms with van der Waals surface area (Å²) >= 11 is 0. The van der Waals surface area contributed by atoms with Crippen LogP contribution in [0.2, 0.25) is 0 Å². The standard InChI is InChI=1S/C67H112O6/c1-4-7-10-13-16-19-22-25-28-30-32-33-35-36-39-42-45-48-51-54-57-60-66(69)72-63-64(62-71-65(68)59-56-53-50-47-44-41-38-27-24-21-18-15-12-9-6-3)73-67(70)61-58-55-52-49-46-43-40-37-34-31-29-26-23-20-17-14-11-8-5-2/h7,9-10,12,16,18-19,21,25,27-28,32-33,38,44,47,53,56,64H,4-6,8,11,13-15,17,20,22-24,26,29-31,34-37,39-43,45-46,48-52,54-55,57-63H2,1-3H3/b10-7-,12-9-,19-16-,21-18-,28-25-,33-32-,38-27-,47-44-,56-53-. The molecule has 0 amide bonds. The molecule has 0 N–H and O–H groups in total. The molecule has 0 heterocycles. The summed E-state index contributed by atoms with van der Waals surface area (Å²) in [6.07, 6.45) is 82.5. The molecule has 0 saturated heterocycles. The van der Waals surface area contributed by atoms with Gasteiger partial charge in [0.15, 0.2) is 6.10 Å². The molecule has 0 spiro atoms. The Morgan fingerprint density at radius 3 is 0.959 bits per heavy atom. The van der Waals surface area contributed by atoms with Crippen LogP contribution in [0.3, 0.4) is 0 Å². The van der Waals surface area contributed by atoms with Gasteiger partial charge < -0.3 is 14.2 Å². The summed E-state index contributed by atoms with van der Waals surface area (Å²) in [6.45, 7) is 6.34. The first kappa shape index (κ1) is 69.1. The number of carbonyl (C=O) groups is 3. The van der Waals surface area contributed by atoms with E-state index in [1.807, 2.05) is 6.08 Å². The second-order valence-electron chi connectivity index (χ2n) is 19.9. The van der Waals surface area contributed by atoms with Crippen molar-refractivity contribution in [2.24, 2.45) is 0 Å². The fourth-order valence-electron chi connectivity index (χ4n) is 8.33. The van der Waals surface area contributed by atoms with Crippen LogP contribution in [-0.2, 0) is 28.6 Å². The Labute approximate surface area is 450 Å². The third-order valence-corrected chi connectivity index (χ3v) is 12.8. The molecule has 0 bridgehead atoms. The summed E-state index contributed by atoms with van der Waals surface area (Å²) in [6, 6.07) is 0. The molecule has 6 nitrogen and oxygen atoms in total. The highest BCUT2D eigenvalue weighted by Gasteiger charge is 2.19. The summed E-state index contributed by atoms with van der Waals surface area (Å²) in [5, 5.41) is 0. The van der Waals surface area contributed by atoms with Crippen LogP contribution in [0.25, 0.3) is 0 Å². The van der Waals surface area contributed by atoms with Gasteiger partial charge in [0.25, 0.3) is 0 Å². The lowest BCUT2D eigenvalue weighted by molar-refractivity contribution is -0.166. The Morgan fingerprint density at radius 1 is 0.301 bits per heavy atom. The van der Waals surface area contributed by atoms with Crippen molar-refractivity contribution >= 4 is 17.9 Å². The largest absolute Gasteiger partial charge is 0.462 e. The molecule has 0 aromatic heterocycles. The maximum Gasteiger partial charge on any atom is 0.309 e. The summed E-state index contributed by atoms with van der Waals surface area (Å²) in [7, 11) is 0. The van der Waals surface area contributed by atoms with Crippen LogP contribution < -0.4 is 0 Å². The molecule has 0 aromatic carbocycles. The summed E-state index contributed by atoms with van der Waals surface area (Å²) in [5.41, 5.74) is 0. The van der Waals surface area contributed by atoms with Gasteiger partial charge in [0.05, 0.1) is 6.42 Å². The zero-order valence-electron chi connectivity index (χ0n) is 47.6. The molecule has 0 radical (unpaired) electrons.